The molecule has 0 aromatic carbocycles. The molecule has 2 N–H and O–H groups in total. The van der Waals surface area contributed by atoms with Crippen molar-refractivity contribution in [1.29, 1.82) is 0 Å². The largest absolute Gasteiger partial charge is 0.462 e. The van der Waals surface area contributed by atoms with Gasteiger partial charge in [-0.3, -0.25) is 4.79 Å². The molecule has 0 radical (unpaired) electrons. The molecule has 0 spiro atoms. The van der Waals surface area contributed by atoms with Gasteiger partial charge in [0.05, 0.1) is 19.0 Å². The van der Waals surface area contributed by atoms with E-state index in [9.17, 15) is 19.5 Å². The van der Waals surface area contributed by atoms with Gasteiger partial charge in [0.15, 0.2) is 0 Å². The number of fused-ring (bicyclic) bond motifs is 5. The molecule has 9 atom stereocenters. The molecule has 0 saturated heterocycles. The lowest BCUT2D eigenvalue weighted by molar-refractivity contribution is -0.202. The molecule has 8 nitrogen and oxygen atoms in total. The number of carbonyl (C=O) groups excluding carboxylic acids is 2. The fourth-order valence-corrected chi connectivity index (χ4v) is 9.05. The monoisotopic (exact) mass is 501 g/mol. The summed E-state index contributed by atoms with van der Waals surface area (Å²) in [4.78, 5) is 35.5. The summed E-state index contributed by atoms with van der Waals surface area (Å²) in [5.74, 6) is 0.326. The first kappa shape index (κ1) is 25.3. The van der Waals surface area contributed by atoms with Crippen LogP contribution in [0.2, 0.25) is 0 Å². The minimum Gasteiger partial charge on any atom is -0.462 e. The van der Waals surface area contributed by atoms with E-state index in [0.717, 1.165) is 50.5 Å². The third-order valence-corrected chi connectivity index (χ3v) is 10.7. The zero-order chi connectivity index (χ0) is 25.9. The lowest BCUT2D eigenvalue weighted by Crippen LogP contribution is -2.62. The lowest BCUT2D eigenvalue weighted by atomic mass is 9.43. The third-order valence-electron chi connectivity index (χ3n) is 10.7. The fraction of sp³-hybridized carbons (Fsp3) is 0.750. The first-order valence-electron chi connectivity index (χ1n) is 13.3. The van der Waals surface area contributed by atoms with E-state index in [-0.39, 0.29) is 35.4 Å². The van der Waals surface area contributed by atoms with Gasteiger partial charge in [0.2, 0.25) is 0 Å². The Balaban J connectivity index is 1.45. The Morgan fingerprint density at radius 3 is 2.56 bits per heavy atom. The van der Waals surface area contributed by atoms with Crippen molar-refractivity contribution in [3.8, 4) is 0 Å². The Kier molecular flexibility index (Phi) is 6.25. The van der Waals surface area contributed by atoms with Gasteiger partial charge in [-0.15, -0.1) is 0 Å². The van der Waals surface area contributed by atoms with E-state index in [4.69, 9.17) is 13.9 Å². The summed E-state index contributed by atoms with van der Waals surface area (Å²) in [7, 11) is 1.40. The first-order chi connectivity index (χ1) is 17.0. The van der Waals surface area contributed by atoms with Crippen LogP contribution in [0.15, 0.2) is 27.6 Å². The van der Waals surface area contributed by atoms with Crippen molar-refractivity contribution in [3.05, 3.63) is 34.4 Å². The summed E-state index contributed by atoms with van der Waals surface area (Å²) in [6.45, 7) is 5.93. The van der Waals surface area contributed by atoms with Crippen molar-refractivity contribution in [1.82, 2.24) is 5.32 Å². The summed E-state index contributed by atoms with van der Waals surface area (Å²) in [5.41, 5.74) is -1.05. The number of carbonyl (C=O) groups is 2. The SMILES string of the molecule is COC(=O)NC1CCC2(C)C(CCC3C2CCC2(C)C(c4ccc(=O)oc4)C(OC(C)=O)CC32O)C1. The van der Waals surface area contributed by atoms with Crippen molar-refractivity contribution in [3.63, 3.8) is 0 Å². The summed E-state index contributed by atoms with van der Waals surface area (Å²) in [6.07, 6.45) is 7.56. The summed E-state index contributed by atoms with van der Waals surface area (Å²) < 4.78 is 15.9. The van der Waals surface area contributed by atoms with Crippen molar-refractivity contribution in [2.24, 2.45) is 28.6 Å². The minimum absolute atomic E-state index is 0.0861. The maximum atomic E-state index is 12.6. The van der Waals surface area contributed by atoms with E-state index in [1.54, 1.807) is 6.07 Å². The van der Waals surface area contributed by atoms with Gasteiger partial charge in [-0.2, -0.15) is 0 Å². The number of ether oxygens (including phenoxy) is 2. The molecule has 198 valence electrons. The van der Waals surface area contributed by atoms with Crippen LogP contribution < -0.4 is 10.9 Å². The maximum absolute atomic E-state index is 12.6. The van der Waals surface area contributed by atoms with Crippen LogP contribution in [0.4, 0.5) is 4.79 Å². The summed E-state index contributed by atoms with van der Waals surface area (Å²) >= 11 is 0. The second-order valence-electron chi connectivity index (χ2n) is 12.2. The Morgan fingerprint density at radius 2 is 1.89 bits per heavy atom. The average molecular weight is 502 g/mol. The predicted molar refractivity (Wildman–Crippen MR) is 131 cm³/mol. The number of methoxy groups -OCH3 is 1. The van der Waals surface area contributed by atoms with Crippen molar-refractivity contribution in [2.45, 2.75) is 95.8 Å². The number of hydrogen-bond donors (Lipinski definition) is 2. The molecule has 5 rings (SSSR count). The van der Waals surface area contributed by atoms with Gasteiger partial charge in [0.25, 0.3) is 0 Å². The van der Waals surface area contributed by atoms with Crippen LogP contribution in [0.1, 0.15) is 83.6 Å². The molecule has 4 fully saturated rings. The second kappa shape index (κ2) is 8.89. The van der Waals surface area contributed by atoms with Gasteiger partial charge in [0.1, 0.15) is 6.10 Å². The zero-order valence-electron chi connectivity index (χ0n) is 21.7. The molecule has 0 bridgehead atoms. The molecule has 9 unspecified atom stereocenters. The quantitative estimate of drug-likeness (QED) is 0.598. The average Bonchev–Trinajstić information content (AvgIpc) is 3.05. The molecule has 4 aliphatic carbocycles. The molecular formula is C28H39NO7. The standard InChI is InChI=1S/C28H39NO7/c1-16(30)36-22-14-28(33)21-7-6-18-13-19(29-25(32)34-4)9-11-26(18,2)20(21)10-12-27(28,3)24(22)17-5-8-23(31)35-15-17/h5,8,15,18-22,24,33H,6-7,9-14H2,1-4H3,(H,29,32). The van der Waals surface area contributed by atoms with Crippen LogP contribution >= 0.6 is 0 Å². The molecule has 36 heavy (non-hydrogen) atoms. The van der Waals surface area contributed by atoms with Crippen LogP contribution in [-0.4, -0.2) is 42.0 Å². The maximum Gasteiger partial charge on any atom is 0.407 e. The first-order valence-corrected chi connectivity index (χ1v) is 13.3. The molecule has 8 heteroatoms. The highest BCUT2D eigenvalue weighted by molar-refractivity contribution is 5.67. The van der Waals surface area contributed by atoms with Crippen molar-refractivity contribution < 1.29 is 28.6 Å². The van der Waals surface area contributed by atoms with Crippen molar-refractivity contribution in [2.75, 3.05) is 7.11 Å². The Bertz CT molecular complexity index is 1070. The number of hydrogen-bond acceptors (Lipinski definition) is 7. The van der Waals surface area contributed by atoms with Gasteiger partial charge >= 0.3 is 17.7 Å². The number of amides is 1. The van der Waals surface area contributed by atoms with E-state index in [2.05, 4.69) is 19.2 Å². The van der Waals surface area contributed by atoms with Gasteiger partial charge in [-0.25, -0.2) is 9.59 Å². The van der Waals surface area contributed by atoms with E-state index >= 15 is 0 Å². The van der Waals surface area contributed by atoms with E-state index in [1.165, 1.54) is 26.4 Å². The number of nitrogens with one attached hydrogen (secondary N) is 1. The number of rotatable bonds is 3. The highest BCUT2D eigenvalue weighted by atomic mass is 16.5. The predicted octanol–water partition coefficient (Wildman–Crippen LogP) is 4.15. The van der Waals surface area contributed by atoms with Crippen LogP contribution in [0.25, 0.3) is 0 Å². The topological polar surface area (TPSA) is 115 Å². The molecule has 0 aliphatic heterocycles. The van der Waals surface area contributed by atoms with E-state index in [0.29, 0.717) is 18.3 Å². The van der Waals surface area contributed by atoms with Gasteiger partial charge in [-0.05, 0) is 79.7 Å². The zero-order valence-corrected chi connectivity index (χ0v) is 21.7. The second-order valence-corrected chi connectivity index (χ2v) is 12.2. The normalized spacial score (nSPS) is 43.5. The number of esters is 1. The van der Waals surface area contributed by atoms with E-state index in [1.807, 2.05) is 0 Å². The minimum atomic E-state index is -0.994. The lowest BCUT2D eigenvalue weighted by Gasteiger charge is -2.63. The Morgan fingerprint density at radius 1 is 1.11 bits per heavy atom. The van der Waals surface area contributed by atoms with Gasteiger partial charge < -0.3 is 24.3 Å². The number of aliphatic hydroxyl groups is 1. The Hall–Kier alpha value is -2.35. The molecule has 1 aromatic heterocycles. The van der Waals surface area contributed by atoms with Crippen molar-refractivity contribution >= 4 is 12.1 Å². The van der Waals surface area contributed by atoms with Crippen LogP contribution in [0.3, 0.4) is 0 Å². The third kappa shape index (κ3) is 3.78. The van der Waals surface area contributed by atoms with Crippen LogP contribution in [0, 0.1) is 28.6 Å². The number of alkyl carbamates (subject to hydrolysis) is 1. The smallest absolute Gasteiger partial charge is 0.407 e. The molecular weight excluding hydrogens is 462 g/mol. The molecule has 1 amide bonds. The molecule has 1 heterocycles. The summed E-state index contributed by atoms with van der Waals surface area (Å²) in [5, 5.41) is 15.6. The van der Waals surface area contributed by atoms with Crippen LogP contribution in [-0.2, 0) is 14.3 Å². The van der Waals surface area contributed by atoms with Gasteiger partial charge in [-0.1, -0.05) is 13.8 Å². The van der Waals surface area contributed by atoms with Gasteiger partial charge in [0, 0.05) is 36.8 Å². The fourth-order valence-electron chi connectivity index (χ4n) is 9.05. The highest BCUT2D eigenvalue weighted by Crippen LogP contribution is 2.70. The Labute approximate surface area is 212 Å². The molecule has 1 aromatic rings. The highest BCUT2D eigenvalue weighted by Gasteiger charge is 2.70. The molecule has 4 aliphatic rings. The molecule has 4 saturated carbocycles. The summed E-state index contributed by atoms with van der Waals surface area (Å²) in [6, 6.07) is 3.28. The van der Waals surface area contributed by atoms with Crippen LogP contribution in [0.5, 0.6) is 0 Å². The van der Waals surface area contributed by atoms with E-state index < -0.39 is 22.7 Å².